The summed E-state index contributed by atoms with van der Waals surface area (Å²) in [5.41, 5.74) is 2.52. The summed E-state index contributed by atoms with van der Waals surface area (Å²) in [5, 5.41) is 2.90. The van der Waals surface area contributed by atoms with Crippen molar-refractivity contribution >= 4 is 28.8 Å². The van der Waals surface area contributed by atoms with Crippen LogP contribution in [0.15, 0.2) is 36.4 Å². The zero-order chi connectivity index (χ0) is 13.0. The van der Waals surface area contributed by atoms with Gasteiger partial charge in [-0.2, -0.15) is 0 Å². The topological polar surface area (TPSA) is 29.1 Å². The molecule has 2 nitrogen and oxygen atoms in total. The second-order valence-corrected chi connectivity index (χ2v) is 5.75. The Morgan fingerprint density at radius 2 is 2.06 bits per heavy atom. The molecule has 0 bridgehead atoms. The Balaban J connectivity index is 1.86. The van der Waals surface area contributed by atoms with Gasteiger partial charge in [-0.05, 0) is 36.6 Å². The van der Waals surface area contributed by atoms with Crippen molar-refractivity contribution in [3.63, 3.8) is 0 Å². The fourth-order valence-electron chi connectivity index (χ4n) is 1.72. The Hall–Kier alpha value is -1.32. The van der Waals surface area contributed by atoms with Crippen LogP contribution < -0.4 is 5.32 Å². The number of halogens is 1. The molecular formula is C14H14ClNOS. The maximum Gasteiger partial charge on any atom is 0.261 e. The largest absolute Gasteiger partial charge is 0.351 e. The molecule has 18 heavy (non-hydrogen) atoms. The van der Waals surface area contributed by atoms with Crippen LogP contribution in [-0.2, 0) is 6.42 Å². The third-order valence-corrected chi connectivity index (χ3v) is 3.97. The molecule has 1 heterocycles. The summed E-state index contributed by atoms with van der Waals surface area (Å²) in [7, 11) is 0. The van der Waals surface area contributed by atoms with Crippen molar-refractivity contribution in [3.05, 3.63) is 56.7 Å². The molecule has 94 valence electrons. The Morgan fingerprint density at radius 3 is 2.72 bits per heavy atom. The van der Waals surface area contributed by atoms with Gasteiger partial charge in [0.1, 0.15) is 0 Å². The maximum atomic E-state index is 11.8. The molecule has 0 atom stereocenters. The number of benzene rings is 1. The first kappa shape index (κ1) is 13.1. The average molecular weight is 280 g/mol. The van der Waals surface area contributed by atoms with Gasteiger partial charge in [0, 0.05) is 6.54 Å². The van der Waals surface area contributed by atoms with E-state index in [-0.39, 0.29) is 5.91 Å². The Labute approximate surface area is 116 Å². The lowest BCUT2D eigenvalue weighted by atomic mass is 10.1. The Kier molecular flexibility index (Phi) is 4.39. The van der Waals surface area contributed by atoms with Crippen LogP contribution in [0.5, 0.6) is 0 Å². The highest BCUT2D eigenvalue weighted by Crippen LogP contribution is 2.21. The molecule has 2 aromatic rings. The molecular weight excluding hydrogens is 266 g/mol. The lowest BCUT2D eigenvalue weighted by Gasteiger charge is -2.06. The van der Waals surface area contributed by atoms with Gasteiger partial charge in [-0.15, -0.1) is 11.3 Å². The first-order valence-corrected chi connectivity index (χ1v) is 6.94. The summed E-state index contributed by atoms with van der Waals surface area (Å²) in [6, 6.07) is 11.7. The van der Waals surface area contributed by atoms with Gasteiger partial charge in [0.2, 0.25) is 0 Å². The van der Waals surface area contributed by atoms with E-state index in [0.717, 1.165) is 6.42 Å². The number of hydrogen-bond acceptors (Lipinski definition) is 2. The van der Waals surface area contributed by atoms with Crippen molar-refractivity contribution in [1.29, 1.82) is 0 Å². The van der Waals surface area contributed by atoms with E-state index < -0.39 is 0 Å². The van der Waals surface area contributed by atoms with E-state index in [4.69, 9.17) is 11.6 Å². The van der Waals surface area contributed by atoms with E-state index in [0.29, 0.717) is 15.8 Å². The molecule has 0 aliphatic rings. The summed E-state index contributed by atoms with van der Waals surface area (Å²) in [4.78, 5) is 12.4. The second kappa shape index (κ2) is 6.03. The first-order valence-electron chi connectivity index (χ1n) is 5.75. The molecule has 0 saturated carbocycles. The van der Waals surface area contributed by atoms with Crippen LogP contribution in [0.25, 0.3) is 0 Å². The van der Waals surface area contributed by atoms with Crippen molar-refractivity contribution < 1.29 is 4.79 Å². The number of carbonyl (C=O) groups is 1. The third-order valence-electron chi connectivity index (χ3n) is 2.74. The summed E-state index contributed by atoms with van der Waals surface area (Å²) in [5.74, 6) is -0.0551. The van der Waals surface area contributed by atoms with Crippen LogP contribution in [0.4, 0.5) is 0 Å². The highest BCUT2D eigenvalue weighted by atomic mass is 35.5. The molecule has 0 spiro atoms. The van der Waals surface area contributed by atoms with Crippen LogP contribution in [0.1, 0.15) is 20.8 Å². The van der Waals surface area contributed by atoms with E-state index in [1.54, 1.807) is 12.1 Å². The van der Waals surface area contributed by atoms with Gasteiger partial charge in [0.25, 0.3) is 5.91 Å². The molecule has 1 N–H and O–H groups in total. The molecule has 1 amide bonds. The number of rotatable bonds is 4. The van der Waals surface area contributed by atoms with Gasteiger partial charge >= 0.3 is 0 Å². The number of hydrogen-bond donors (Lipinski definition) is 1. The predicted octanol–water partition coefficient (Wildman–Crippen LogP) is 3.68. The zero-order valence-electron chi connectivity index (χ0n) is 10.1. The van der Waals surface area contributed by atoms with Crippen LogP contribution in [-0.4, -0.2) is 12.5 Å². The highest BCUT2D eigenvalue weighted by Gasteiger charge is 2.07. The molecule has 0 saturated heterocycles. The van der Waals surface area contributed by atoms with E-state index >= 15 is 0 Å². The fourth-order valence-corrected chi connectivity index (χ4v) is 2.68. The molecule has 1 aromatic heterocycles. The van der Waals surface area contributed by atoms with Gasteiger partial charge in [-0.1, -0.05) is 35.9 Å². The Morgan fingerprint density at radius 1 is 1.28 bits per heavy atom. The summed E-state index contributed by atoms with van der Waals surface area (Å²) >= 11 is 7.09. The average Bonchev–Trinajstić information content (AvgIpc) is 2.78. The normalized spacial score (nSPS) is 10.3. The van der Waals surface area contributed by atoms with Crippen LogP contribution in [0.2, 0.25) is 4.34 Å². The molecule has 4 heteroatoms. The van der Waals surface area contributed by atoms with Crippen molar-refractivity contribution in [2.45, 2.75) is 13.3 Å². The SMILES string of the molecule is Cc1ccccc1CCNC(=O)c1ccc(Cl)s1. The third kappa shape index (κ3) is 3.34. The van der Waals surface area contributed by atoms with E-state index in [9.17, 15) is 4.79 Å². The molecule has 0 radical (unpaired) electrons. The second-order valence-electron chi connectivity index (χ2n) is 4.04. The van der Waals surface area contributed by atoms with Crippen molar-refractivity contribution in [3.8, 4) is 0 Å². The zero-order valence-corrected chi connectivity index (χ0v) is 11.6. The highest BCUT2D eigenvalue weighted by molar-refractivity contribution is 7.17. The van der Waals surface area contributed by atoms with Gasteiger partial charge in [-0.25, -0.2) is 0 Å². The van der Waals surface area contributed by atoms with Crippen molar-refractivity contribution in [2.75, 3.05) is 6.54 Å². The summed E-state index contributed by atoms with van der Waals surface area (Å²) in [6.45, 7) is 2.72. The van der Waals surface area contributed by atoms with Gasteiger partial charge in [0.05, 0.1) is 9.21 Å². The minimum Gasteiger partial charge on any atom is -0.351 e. The van der Waals surface area contributed by atoms with Crippen LogP contribution in [0.3, 0.4) is 0 Å². The minimum atomic E-state index is -0.0551. The molecule has 0 unspecified atom stereocenters. The predicted molar refractivity (Wildman–Crippen MR) is 76.5 cm³/mol. The summed E-state index contributed by atoms with van der Waals surface area (Å²) in [6.07, 6.45) is 0.845. The maximum absolute atomic E-state index is 11.8. The lowest BCUT2D eigenvalue weighted by molar-refractivity contribution is 0.0958. The number of carbonyl (C=O) groups excluding carboxylic acids is 1. The van der Waals surface area contributed by atoms with E-state index in [1.165, 1.54) is 22.5 Å². The molecule has 0 aliphatic heterocycles. The fraction of sp³-hybridized carbons (Fsp3) is 0.214. The molecule has 1 aromatic carbocycles. The molecule has 2 rings (SSSR count). The van der Waals surface area contributed by atoms with Crippen LogP contribution in [0, 0.1) is 6.92 Å². The molecule has 0 fully saturated rings. The van der Waals surface area contributed by atoms with Crippen LogP contribution >= 0.6 is 22.9 Å². The number of aryl methyl sites for hydroxylation is 1. The summed E-state index contributed by atoms with van der Waals surface area (Å²) < 4.78 is 0.638. The van der Waals surface area contributed by atoms with Gasteiger partial charge in [-0.3, -0.25) is 4.79 Å². The van der Waals surface area contributed by atoms with Gasteiger partial charge in [0.15, 0.2) is 0 Å². The van der Waals surface area contributed by atoms with Crippen molar-refractivity contribution in [2.24, 2.45) is 0 Å². The quantitative estimate of drug-likeness (QED) is 0.909. The number of nitrogens with one attached hydrogen (secondary N) is 1. The molecule has 0 aliphatic carbocycles. The number of thiophene rings is 1. The standard InChI is InChI=1S/C14H14ClNOS/c1-10-4-2-3-5-11(10)8-9-16-14(17)12-6-7-13(15)18-12/h2-7H,8-9H2,1H3,(H,16,17). The van der Waals surface area contributed by atoms with E-state index in [2.05, 4.69) is 24.4 Å². The number of amides is 1. The first-order chi connectivity index (χ1) is 8.66. The minimum absolute atomic E-state index is 0.0551. The monoisotopic (exact) mass is 279 g/mol. The lowest BCUT2D eigenvalue weighted by Crippen LogP contribution is -2.24. The Bertz CT molecular complexity index is 550. The smallest absolute Gasteiger partial charge is 0.261 e. The van der Waals surface area contributed by atoms with Gasteiger partial charge < -0.3 is 5.32 Å². The van der Waals surface area contributed by atoms with Crippen molar-refractivity contribution in [1.82, 2.24) is 5.32 Å². The van der Waals surface area contributed by atoms with E-state index in [1.807, 2.05) is 12.1 Å².